The van der Waals surface area contributed by atoms with Crippen LogP contribution in [0.1, 0.15) is 32.8 Å². The Labute approximate surface area is 189 Å². The van der Waals surface area contributed by atoms with Crippen LogP contribution < -0.4 is 9.47 Å². The summed E-state index contributed by atoms with van der Waals surface area (Å²) in [4.78, 5) is 2.42. The first kappa shape index (κ1) is 23.0. The van der Waals surface area contributed by atoms with Crippen LogP contribution in [0.2, 0.25) is 0 Å². The summed E-state index contributed by atoms with van der Waals surface area (Å²) in [5.41, 5.74) is 2.11. The summed E-state index contributed by atoms with van der Waals surface area (Å²) < 4.78 is 14.2. The summed E-state index contributed by atoms with van der Waals surface area (Å²) in [5, 5.41) is 7.44. The Morgan fingerprint density at radius 3 is 2.39 bits per heavy atom. The number of benzene rings is 2. The average molecular weight is 441 g/mol. The van der Waals surface area contributed by atoms with Crippen LogP contribution in [0.25, 0.3) is 11.4 Å². The van der Waals surface area contributed by atoms with Gasteiger partial charge in [0.15, 0.2) is 10.6 Å². The number of hydrogen-bond donors (Lipinski definition) is 1. The van der Waals surface area contributed by atoms with Gasteiger partial charge in [0, 0.05) is 12.1 Å². The molecule has 0 aliphatic rings. The largest absolute Gasteiger partial charge is 0.494 e. The Hall–Kier alpha value is -2.64. The smallest absolute Gasteiger partial charge is 0.195 e. The Morgan fingerprint density at radius 1 is 1.00 bits per heavy atom. The monoisotopic (exact) mass is 440 g/mol. The lowest BCUT2D eigenvalue weighted by atomic mass is 10.1. The van der Waals surface area contributed by atoms with Crippen LogP contribution in [-0.4, -0.2) is 45.9 Å². The minimum absolute atomic E-state index is 0.481. The molecule has 0 aliphatic carbocycles. The van der Waals surface area contributed by atoms with E-state index in [1.807, 2.05) is 37.3 Å². The van der Waals surface area contributed by atoms with E-state index in [1.54, 1.807) is 0 Å². The number of hydrogen-bond acceptors (Lipinski definition) is 5. The Kier molecular flexibility index (Phi) is 8.67. The van der Waals surface area contributed by atoms with E-state index < -0.39 is 0 Å². The minimum Gasteiger partial charge on any atom is -0.494 e. The zero-order valence-corrected chi connectivity index (χ0v) is 19.5. The standard InChI is InChI=1S/C24H32N4O2S/c1-4-27(5-2)15-8-16-28-23(25-26-24(28)31)20-10-7-9-19(17-20)18-30-22-13-11-21(12-14-22)29-6-3/h7,9-14,17H,4-6,8,15-16,18H2,1-3H3,(H,26,31). The van der Waals surface area contributed by atoms with Gasteiger partial charge >= 0.3 is 0 Å². The molecule has 0 atom stereocenters. The topological polar surface area (TPSA) is 55.3 Å². The maximum atomic E-state index is 5.95. The number of nitrogens with zero attached hydrogens (tertiary/aromatic N) is 3. The number of H-pyrrole nitrogens is 1. The lowest BCUT2D eigenvalue weighted by molar-refractivity contribution is 0.293. The number of aromatic nitrogens is 3. The quantitative estimate of drug-likeness (QED) is 0.387. The average Bonchev–Trinajstić information content (AvgIpc) is 3.17. The molecule has 1 N–H and O–H groups in total. The number of rotatable bonds is 12. The summed E-state index contributed by atoms with van der Waals surface area (Å²) in [6.45, 7) is 11.5. The van der Waals surface area contributed by atoms with Gasteiger partial charge in [0.1, 0.15) is 18.1 Å². The van der Waals surface area contributed by atoms with Gasteiger partial charge in [0.2, 0.25) is 0 Å². The molecule has 3 rings (SSSR count). The first-order valence-electron chi connectivity index (χ1n) is 11.0. The second kappa shape index (κ2) is 11.7. The number of aromatic amines is 1. The maximum absolute atomic E-state index is 5.95. The van der Waals surface area contributed by atoms with Gasteiger partial charge in [0.05, 0.1) is 6.61 Å². The van der Waals surface area contributed by atoms with Gasteiger partial charge in [0.25, 0.3) is 0 Å². The van der Waals surface area contributed by atoms with Crippen LogP contribution in [0.5, 0.6) is 11.5 Å². The van der Waals surface area contributed by atoms with Gasteiger partial charge in [-0.2, -0.15) is 5.10 Å². The van der Waals surface area contributed by atoms with Crippen LogP contribution in [0.3, 0.4) is 0 Å². The van der Waals surface area contributed by atoms with Crippen molar-refractivity contribution in [2.24, 2.45) is 0 Å². The van der Waals surface area contributed by atoms with E-state index in [2.05, 4.69) is 51.7 Å². The van der Waals surface area contributed by atoms with Crippen LogP contribution in [0.15, 0.2) is 48.5 Å². The van der Waals surface area contributed by atoms with Gasteiger partial charge in [-0.05, 0) is 81.1 Å². The van der Waals surface area contributed by atoms with Crippen LogP contribution in [0.4, 0.5) is 0 Å². The normalized spacial score (nSPS) is 11.1. The lowest BCUT2D eigenvalue weighted by Crippen LogP contribution is -2.25. The third-order valence-corrected chi connectivity index (χ3v) is 5.55. The molecule has 0 unspecified atom stereocenters. The fourth-order valence-electron chi connectivity index (χ4n) is 3.50. The minimum atomic E-state index is 0.481. The van der Waals surface area contributed by atoms with Crippen LogP contribution >= 0.6 is 12.2 Å². The fraction of sp³-hybridized carbons (Fsp3) is 0.417. The second-order valence-electron chi connectivity index (χ2n) is 7.28. The van der Waals surface area contributed by atoms with E-state index in [4.69, 9.17) is 21.7 Å². The fourth-order valence-corrected chi connectivity index (χ4v) is 3.73. The predicted molar refractivity (Wildman–Crippen MR) is 127 cm³/mol. The van der Waals surface area contributed by atoms with Crippen molar-refractivity contribution in [2.45, 2.75) is 40.3 Å². The van der Waals surface area contributed by atoms with E-state index in [-0.39, 0.29) is 0 Å². The maximum Gasteiger partial charge on any atom is 0.195 e. The molecule has 7 heteroatoms. The molecule has 0 fully saturated rings. The molecule has 2 aromatic carbocycles. The summed E-state index contributed by atoms with van der Waals surface area (Å²) in [7, 11) is 0. The van der Waals surface area contributed by atoms with Gasteiger partial charge in [-0.3, -0.25) is 5.10 Å². The van der Waals surface area contributed by atoms with E-state index in [0.29, 0.717) is 18.0 Å². The number of ether oxygens (including phenoxy) is 2. The summed E-state index contributed by atoms with van der Waals surface area (Å²) >= 11 is 5.48. The molecule has 6 nitrogen and oxygen atoms in total. The Morgan fingerprint density at radius 2 is 1.71 bits per heavy atom. The third-order valence-electron chi connectivity index (χ3n) is 5.23. The van der Waals surface area contributed by atoms with Crippen molar-refractivity contribution in [1.82, 2.24) is 19.7 Å². The first-order valence-corrected chi connectivity index (χ1v) is 11.4. The molecule has 1 aromatic heterocycles. The molecular weight excluding hydrogens is 408 g/mol. The molecule has 31 heavy (non-hydrogen) atoms. The van der Waals surface area contributed by atoms with Crippen molar-refractivity contribution >= 4 is 12.2 Å². The molecule has 0 aliphatic heterocycles. The van der Waals surface area contributed by atoms with E-state index >= 15 is 0 Å². The molecule has 0 spiro atoms. The zero-order chi connectivity index (χ0) is 22.1. The predicted octanol–water partition coefficient (Wildman–Crippen LogP) is 5.32. The molecule has 1 heterocycles. The van der Waals surface area contributed by atoms with E-state index in [9.17, 15) is 0 Å². The van der Waals surface area contributed by atoms with E-state index in [1.165, 1.54) is 0 Å². The molecule has 0 bridgehead atoms. The number of nitrogens with one attached hydrogen (secondary N) is 1. The summed E-state index contributed by atoms with van der Waals surface area (Å²) in [6.07, 6.45) is 1.03. The molecular formula is C24H32N4O2S. The molecule has 3 aromatic rings. The zero-order valence-electron chi connectivity index (χ0n) is 18.6. The van der Waals surface area contributed by atoms with Gasteiger partial charge in [-0.15, -0.1) is 0 Å². The van der Waals surface area contributed by atoms with Gasteiger partial charge in [-0.25, -0.2) is 0 Å². The highest BCUT2D eigenvalue weighted by molar-refractivity contribution is 7.71. The Balaban J connectivity index is 1.66. The van der Waals surface area contributed by atoms with Crippen molar-refractivity contribution in [3.8, 4) is 22.9 Å². The molecule has 0 saturated heterocycles. The highest BCUT2D eigenvalue weighted by Gasteiger charge is 2.10. The Bertz CT molecular complexity index is 993. The lowest BCUT2D eigenvalue weighted by Gasteiger charge is -2.18. The second-order valence-corrected chi connectivity index (χ2v) is 7.66. The van der Waals surface area contributed by atoms with Crippen molar-refractivity contribution in [1.29, 1.82) is 0 Å². The van der Waals surface area contributed by atoms with Crippen molar-refractivity contribution in [2.75, 3.05) is 26.2 Å². The van der Waals surface area contributed by atoms with Crippen molar-refractivity contribution in [3.63, 3.8) is 0 Å². The van der Waals surface area contributed by atoms with E-state index in [0.717, 1.165) is 61.1 Å². The summed E-state index contributed by atoms with van der Waals surface area (Å²) in [5.74, 6) is 2.53. The highest BCUT2D eigenvalue weighted by Crippen LogP contribution is 2.22. The highest BCUT2D eigenvalue weighted by atomic mass is 32.1. The van der Waals surface area contributed by atoms with Crippen LogP contribution in [-0.2, 0) is 13.2 Å². The van der Waals surface area contributed by atoms with Gasteiger partial charge in [-0.1, -0.05) is 32.0 Å². The molecule has 166 valence electrons. The third kappa shape index (κ3) is 6.42. The van der Waals surface area contributed by atoms with Crippen LogP contribution in [0, 0.1) is 4.77 Å². The first-order chi connectivity index (χ1) is 15.1. The van der Waals surface area contributed by atoms with Gasteiger partial charge < -0.3 is 18.9 Å². The van der Waals surface area contributed by atoms with Crippen molar-refractivity contribution in [3.05, 3.63) is 58.9 Å². The SMILES string of the molecule is CCOc1ccc(OCc2cccc(-c3n[nH]c(=S)n3CCCN(CC)CC)c2)cc1. The molecule has 0 saturated carbocycles. The molecule has 0 amide bonds. The van der Waals surface area contributed by atoms with Crippen molar-refractivity contribution < 1.29 is 9.47 Å². The molecule has 0 radical (unpaired) electrons. The summed E-state index contributed by atoms with van der Waals surface area (Å²) in [6, 6.07) is 16.0.